The molecular formula is C15H26N2O. The van der Waals surface area contributed by atoms with Crippen LogP contribution in [0.1, 0.15) is 25.8 Å². The fourth-order valence-corrected chi connectivity index (χ4v) is 2.06. The Morgan fingerprint density at radius 2 is 1.94 bits per heavy atom. The molecule has 102 valence electrons. The maximum absolute atomic E-state index is 9.18. The van der Waals surface area contributed by atoms with Crippen LogP contribution in [-0.4, -0.2) is 36.2 Å². The second-order valence-corrected chi connectivity index (χ2v) is 5.29. The van der Waals surface area contributed by atoms with Crippen LogP contribution >= 0.6 is 0 Å². The van der Waals surface area contributed by atoms with Crippen molar-refractivity contribution in [1.29, 1.82) is 0 Å². The SMILES string of the molecule is CCC(C)(CN)CN(CCO)Cc1ccccc1. The monoisotopic (exact) mass is 250 g/mol. The first kappa shape index (κ1) is 15.2. The molecule has 1 aromatic carbocycles. The summed E-state index contributed by atoms with van der Waals surface area (Å²) in [6, 6.07) is 10.4. The standard InChI is InChI=1S/C15H26N2O/c1-3-15(2,12-16)13-17(9-10-18)11-14-7-5-4-6-8-14/h4-8,18H,3,9-13,16H2,1-2H3. The molecule has 1 unspecified atom stereocenters. The molecule has 3 N–H and O–H groups in total. The molecule has 0 saturated carbocycles. The lowest BCUT2D eigenvalue weighted by molar-refractivity contribution is 0.129. The lowest BCUT2D eigenvalue weighted by atomic mass is 9.87. The van der Waals surface area contributed by atoms with Gasteiger partial charge in [-0.1, -0.05) is 44.2 Å². The van der Waals surface area contributed by atoms with Crippen LogP contribution in [0.25, 0.3) is 0 Å². The van der Waals surface area contributed by atoms with Gasteiger partial charge in [0, 0.05) is 19.6 Å². The van der Waals surface area contributed by atoms with Crippen LogP contribution in [0.3, 0.4) is 0 Å². The summed E-state index contributed by atoms with van der Waals surface area (Å²) in [5.74, 6) is 0. The van der Waals surface area contributed by atoms with Crippen LogP contribution in [-0.2, 0) is 6.54 Å². The van der Waals surface area contributed by atoms with Gasteiger partial charge in [0.1, 0.15) is 0 Å². The van der Waals surface area contributed by atoms with E-state index in [0.29, 0.717) is 13.1 Å². The van der Waals surface area contributed by atoms with Crippen LogP contribution in [0, 0.1) is 5.41 Å². The number of hydrogen-bond donors (Lipinski definition) is 2. The summed E-state index contributed by atoms with van der Waals surface area (Å²) in [4.78, 5) is 2.28. The maximum atomic E-state index is 9.18. The number of aliphatic hydroxyl groups excluding tert-OH is 1. The predicted octanol–water partition coefficient (Wildman–Crippen LogP) is 1.86. The zero-order chi connectivity index (χ0) is 13.4. The number of rotatable bonds is 8. The molecule has 1 aromatic rings. The summed E-state index contributed by atoms with van der Waals surface area (Å²) >= 11 is 0. The highest BCUT2D eigenvalue weighted by Crippen LogP contribution is 2.21. The molecular weight excluding hydrogens is 224 g/mol. The zero-order valence-electron chi connectivity index (χ0n) is 11.6. The second-order valence-electron chi connectivity index (χ2n) is 5.29. The number of hydrogen-bond acceptors (Lipinski definition) is 3. The Bertz CT molecular complexity index is 323. The molecule has 0 amide bonds. The first-order chi connectivity index (χ1) is 8.63. The molecule has 0 aliphatic heterocycles. The van der Waals surface area contributed by atoms with Crippen molar-refractivity contribution >= 4 is 0 Å². The lowest BCUT2D eigenvalue weighted by Gasteiger charge is -2.33. The molecule has 0 spiro atoms. The number of nitrogens with zero attached hydrogens (tertiary/aromatic N) is 1. The average Bonchev–Trinajstić information content (AvgIpc) is 2.40. The van der Waals surface area contributed by atoms with E-state index in [1.807, 2.05) is 6.07 Å². The number of nitrogens with two attached hydrogens (primary N) is 1. The highest BCUT2D eigenvalue weighted by atomic mass is 16.3. The summed E-state index contributed by atoms with van der Waals surface area (Å²) in [5.41, 5.74) is 7.27. The Labute approximate surface area is 111 Å². The van der Waals surface area contributed by atoms with Gasteiger partial charge in [-0.25, -0.2) is 0 Å². The lowest BCUT2D eigenvalue weighted by Crippen LogP contribution is -2.41. The Balaban J connectivity index is 2.65. The van der Waals surface area contributed by atoms with Gasteiger partial charge in [0.05, 0.1) is 6.61 Å². The van der Waals surface area contributed by atoms with E-state index >= 15 is 0 Å². The van der Waals surface area contributed by atoms with Crippen molar-refractivity contribution in [3.05, 3.63) is 35.9 Å². The van der Waals surface area contributed by atoms with Crippen molar-refractivity contribution in [1.82, 2.24) is 4.90 Å². The van der Waals surface area contributed by atoms with Crippen LogP contribution < -0.4 is 5.73 Å². The zero-order valence-corrected chi connectivity index (χ0v) is 11.6. The molecule has 0 aliphatic rings. The van der Waals surface area contributed by atoms with Crippen molar-refractivity contribution in [3.63, 3.8) is 0 Å². The van der Waals surface area contributed by atoms with Crippen LogP contribution in [0.4, 0.5) is 0 Å². The van der Waals surface area contributed by atoms with Crippen LogP contribution in [0.2, 0.25) is 0 Å². The maximum Gasteiger partial charge on any atom is 0.0558 e. The van der Waals surface area contributed by atoms with Crippen molar-refractivity contribution in [2.24, 2.45) is 11.1 Å². The minimum atomic E-state index is 0.129. The van der Waals surface area contributed by atoms with Gasteiger partial charge in [-0.15, -0.1) is 0 Å². The molecule has 0 aromatic heterocycles. The minimum Gasteiger partial charge on any atom is -0.395 e. The van der Waals surface area contributed by atoms with Crippen LogP contribution in [0.15, 0.2) is 30.3 Å². The normalized spacial score (nSPS) is 14.7. The van der Waals surface area contributed by atoms with Gasteiger partial charge in [-0.2, -0.15) is 0 Å². The molecule has 0 aliphatic carbocycles. The smallest absolute Gasteiger partial charge is 0.0558 e. The molecule has 0 bridgehead atoms. The van der Waals surface area contributed by atoms with E-state index in [4.69, 9.17) is 5.73 Å². The Hall–Kier alpha value is -0.900. The quantitative estimate of drug-likeness (QED) is 0.740. The predicted molar refractivity (Wildman–Crippen MR) is 76.3 cm³/mol. The van der Waals surface area contributed by atoms with Gasteiger partial charge in [-0.3, -0.25) is 4.90 Å². The summed E-state index contributed by atoms with van der Waals surface area (Å²) in [7, 11) is 0. The van der Waals surface area contributed by atoms with Crippen molar-refractivity contribution < 1.29 is 5.11 Å². The molecule has 0 heterocycles. The van der Waals surface area contributed by atoms with E-state index < -0.39 is 0 Å². The Morgan fingerprint density at radius 3 is 2.44 bits per heavy atom. The largest absolute Gasteiger partial charge is 0.395 e. The minimum absolute atomic E-state index is 0.129. The summed E-state index contributed by atoms with van der Waals surface area (Å²) in [5, 5.41) is 9.18. The topological polar surface area (TPSA) is 49.5 Å². The van der Waals surface area contributed by atoms with Crippen molar-refractivity contribution in [3.8, 4) is 0 Å². The van der Waals surface area contributed by atoms with E-state index in [9.17, 15) is 5.11 Å². The fourth-order valence-electron chi connectivity index (χ4n) is 2.06. The van der Waals surface area contributed by atoms with E-state index in [0.717, 1.165) is 19.5 Å². The summed E-state index contributed by atoms with van der Waals surface area (Å²) in [6.45, 7) is 7.75. The third kappa shape index (κ3) is 4.77. The molecule has 18 heavy (non-hydrogen) atoms. The molecule has 3 heteroatoms. The van der Waals surface area contributed by atoms with Gasteiger partial charge < -0.3 is 10.8 Å². The van der Waals surface area contributed by atoms with Crippen LogP contribution in [0.5, 0.6) is 0 Å². The fraction of sp³-hybridized carbons (Fsp3) is 0.600. The van der Waals surface area contributed by atoms with Crippen molar-refractivity contribution in [2.75, 3.05) is 26.2 Å². The van der Waals surface area contributed by atoms with Gasteiger partial charge in [0.2, 0.25) is 0 Å². The summed E-state index contributed by atoms with van der Waals surface area (Å²) in [6.07, 6.45) is 1.06. The summed E-state index contributed by atoms with van der Waals surface area (Å²) < 4.78 is 0. The molecule has 0 fully saturated rings. The highest BCUT2D eigenvalue weighted by molar-refractivity contribution is 5.14. The van der Waals surface area contributed by atoms with Crippen molar-refractivity contribution in [2.45, 2.75) is 26.8 Å². The van der Waals surface area contributed by atoms with E-state index in [1.165, 1.54) is 5.56 Å². The highest BCUT2D eigenvalue weighted by Gasteiger charge is 2.23. The Kier molecular flexibility index (Phi) is 6.33. The third-order valence-corrected chi connectivity index (χ3v) is 3.62. The average molecular weight is 250 g/mol. The third-order valence-electron chi connectivity index (χ3n) is 3.62. The molecule has 3 nitrogen and oxygen atoms in total. The van der Waals surface area contributed by atoms with E-state index in [2.05, 4.69) is 43.0 Å². The van der Waals surface area contributed by atoms with Gasteiger partial charge in [-0.05, 0) is 23.9 Å². The number of aliphatic hydroxyl groups is 1. The molecule has 0 saturated heterocycles. The second kappa shape index (κ2) is 7.52. The van der Waals surface area contributed by atoms with Gasteiger partial charge in [0.15, 0.2) is 0 Å². The molecule has 0 radical (unpaired) electrons. The van der Waals surface area contributed by atoms with Gasteiger partial charge in [0.25, 0.3) is 0 Å². The first-order valence-corrected chi connectivity index (χ1v) is 6.71. The van der Waals surface area contributed by atoms with E-state index in [1.54, 1.807) is 0 Å². The molecule has 1 atom stereocenters. The Morgan fingerprint density at radius 1 is 1.28 bits per heavy atom. The molecule has 1 rings (SSSR count). The first-order valence-electron chi connectivity index (χ1n) is 6.71. The number of benzene rings is 1. The van der Waals surface area contributed by atoms with Gasteiger partial charge >= 0.3 is 0 Å². The van der Waals surface area contributed by atoms with E-state index in [-0.39, 0.29) is 12.0 Å².